The van der Waals surface area contributed by atoms with Crippen LogP contribution in [0.4, 0.5) is 0 Å². The third-order valence-electron chi connectivity index (χ3n) is 8.77. The molecule has 0 N–H and O–H groups in total. The van der Waals surface area contributed by atoms with Gasteiger partial charge in [-0.3, -0.25) is 0 Å². The quantitative estimate of drug-likeness (QED) is 0.191. The Morgan fingerprint density at radius 3 is 2.00 bits per heavy atom. The lowest BCUT2D eigenvalue weighted by Crippen LogP contribution is -1.97. The van der Waals surface area contributed by atoms with E-state index in [0.29, 0.717) is 5.69 Å². The van der Waals surface area contributed by atoms with Crippen molar-refractivity contribution >= 4 is 75.1 Å². The Kier molecular flexibility index (Phi) is 3.82. The minimum absolute atomic E-state index is 0.0578. The fourth-order valence-corrected chi connectivity index (χ4v) is 7.95. The molecule has 0 aliphatic heterocycles. The van der Waals surface area contributed by atoms with Crippen LogP contribution in [-0.2, 0) is 0 Å². The fraction of sp³-hybridized carbons (Fsp3) is 0. The van der Waals surface area contributed by atoms with Crippen LogP contribution in [0.1, 0.15) is 11.0 Å². The number of fused-ring (bicyclic) bond motifs is 9. The van der Waals surface area contributed by atoms with Crippen LogP contribution < -0.4 is 0 Å². The van der Waals surface area contributed by atoms with Crippen molar-refractivity contribution in [1.29, 1.82) is 0 Å². The highest BCUT2D eigenvalue weighted by molar-refractivity contribution is 7.25. The molecule has 0 saturated carbocycles. The Bertz CT molecular complexity index is 3140. The molecule has 0 atom stereocenters. The van der Waals surface area contributed by atoms with Gasteiger partial charge in [-0.15, -0.1) is 11.3 Å². The summed E-state index contributed by atoms with van der Waals surface area (Å²) in [4.78, 5) is 0. The lowest BCUT2D eigenvalue weighted by Gasteiger charge is -2.13. The topological polar surface area (TPSA) is 9.86 Å². The first-order valence-electron chi connectivity index (χ1n) is 18.7. The van der Waals surface area contributed by atoms with Crippen molar-refractivity contribution in [2.75, 3.05) is 0 Å². The molecular formula is C42H26N2S. The maximum atomic E-state index is 9.02. The Morgan fingerprint density at radius 2 is 1.18 bits per heavy atom. The molecule has 0 saturated heterocycles. The highest BCUT2D eigenvalue weighted by Crippen LogP contribution is 2.43. The van der Waals surface area contributed by atoms with Crippen LogP contribution in [0.15, 0.2) is 158 Å². The van der Waals surface area contributed by atoms with Crippen molar-refractivity contribution in [3.05, 3.63) is 158 Å². The molecule has 0 amide bonds. The Labute approximate surface area is 274 Å². The van der Waals surface area contributed by atoms with Gasteiger partial charge in [0.15, 0.2) is 0 Å². The molecule has 7 aromatic carbocycles. The number of aromatic nitrogens is 2. The van der Waals surface area contributed by atoms with Crippen LogP contribution in [0.3, 0.4) is 0 Å². The normalized spacial score (nSPS) is 14.5. The van der Waals surface area contributed by atoms with Crippen LogP contribution in [0.2, 0.25) is 0 Å². The number of hydrogen-bond acceptors (Lipinski definition) is 1. The van der Waals surface area contributed by atoms with Crippen LogP contribution in [0, 0.1) is 0 Å². The van der Waals surface area contributed by atoms with Gasteiger partial charge < -0.3 is 9.13 Å². The average Bonchev–Trinajstić information content (AvgIpc) is 3.85. The van der Waals surface area contributed by atoms with Gasteiger partial charge in [0.25, 0.3) is 0 Å². The average molecular weight is 599 g/mol. The molecule has 2 nitrogen and oxygen atoms in total. The van der Waals surface area contributed by atoms with E-state index in [-0.39, 0.29) is 46.0 Å². The summed E-state index contributed by atoms with van der Waals surface area (Å²) in [6.45, 7) is 0. The minimum Gasteiger partial charge on any atom is -0.309 e. The van der Waals surface area contributed by atoms with E-state index >= 15 is 0 Å². The van der Waals surface area contributed by atoms with Crippen molar-refractivity contribution in [2.45, 2.75) is 0 Å². The predicted octanol–water partition coefficient (Wildman–Crippen LogP) is 11.9. The third kappa shape index (κ3) is 3.56. The molecule has 0 spiro atoms. The molecule has 3 heteroatoms. The summed E-state index contributed by atoms with van der Waals surface area (Å²) >= 11 is 1.74. The van der Waals surface area contributed by atoms with Gasteiger partial charge in [0, 0.05) is 47.4 Å². The summed E-state index contributed by atoms with van der Waals surface area (Å²) in [5.41, 5.74) is 5.76. The molecule has 10 rings (SSSR count). The van der Waals surface area contributed by atoms with Crippen LogP contribution >= 0.6 is 11.3 Å². The lowest BCUT2D eigenvalue weighted by molar-refractivity contribution is 1.16. The monoisotopic (exact) mass is 598 g/mol. The first-order valence-corrected chi connectivity index (χ1v) is 15.5. The van der Waals surface area contributed by atoms with E-state index in [9.17, 15) is 0 Å². The van der Waals surface area contributed by atoms with Gasteiger partial charge in [-0.1, -0.05) is 103 Å². The second-order valence-corrected chi connectivity index (χ2v) is 12.2. The van der Waals surface area contributed by atoms with E-state index < -0.39 is 24.2 Å². The summed E-state index contributed by atoms with van der Waals surface area (Å²) < 4.78 is 75.9. The highest BCUT2D eigenvalue weighted by Gasteiger charge is 2.19. The standard InChI is InChI=1S/C42H26N2S/c1-2-11-27(12-3-1)28-21-24-40-34(25-28)42-38(19-10-20-41(42)45-40)44-37-18-9-6-15-32(37)33-23-22-29(26-39(33)44)43-35-16-7-4-13-30(35)31-14-5-8-17-36(31)43/h1-26H/i4D,5D,7D,8D,13D,14D,16D,17D. The highest BCUT2D eigenvalue weighted by atomic mass is 32.1. The molecule has 0 bridgehead atoms. The summed E-state index contributed by atoms with van der Waals surface area (Å²) in [6, 6.07) is 34.1. The van der Waals surface area contributed by atoms with Gasteiger partial charge in [-0.25, -0.2) is 0 Å². The zero-order chi connectivity index (χ0) is 36.4. The summed E-state index contributed by atoms with van der Waals surface area (Å²) in [6.07, 6.45) is 0. The zero-order valence-electron chi connectivity index (χ0n) is 31.7. The summed E-state index contributed by atoms with van der Waals surface area (Å²) in [5.74, 6) is 0. The Morgan fingerprint density at radius 1 is 0.444 bits per heavy atom. The van der Waals surface area contributed by atoms with Gasteiger partial charge in [0.1, 0.15) is 0 Å². The zero-order valence-corrected chi connectivity index (χ0v) is 24.5. The minimum atomic E-state index is -0.462. The number of nitrogens with zero attached hydrogens (tertiary/aromatic N) is 2. The molecule has 0 fully saturated rings. The van der Waals surface area contributed by atoms with Crippen molar-refractivity contribution in [2.24, 2.45) is 0 Å². The molecule has 45 heavy (non-hydrogen) atoms. The van der Waals surface area contributed by atoms with Gasteiger partial charge in [0.2, 0.25) is 0 Å². The lowest BCUT2D eigenvalue weighted by atomic mass is 10.0. The maximum Gasteiger partial charge on any atom is 0.0645 e. The fourth-order valence-electron chi connectivity index (χ4n) is 6.84. The molecule has 0 radical (unpaired) electrons. The molecule has 0 aliphatic carbocycles. The molecular weight excluding hydrogens is 565 g/mol. The molecule has 210 valence electrons. The smallest absolute Gasteiger partial charge is 0.0645 e. The van der Waals surface area contributed by atoms with Gasteiger partial charge in [-0.2, -0.15) is 0 Å². The van der Waals surface area contributed by atoms with E-state index in [1.165, 1.54) is 4.70 Å². The van der Waals surface area contributed by atoms with Crippen LogP contribution in [0.25, 0.3) is 86.3 Å². The molecule has 3 heterocycles. The second-order valence-electron chi connectivity index (χ2n) is 11.2. The van der Waals surface area contributed by atoms with Crippen molar-refractivity contribution < 1.29 is 11.0 Å². The van der Waals surface area contributed by atoms with Crippen LogP contribution in [-0.4, -0.2) is 9.13 Å². The molecule has 3 aromatic heterocycles. The largest absolute Gasteiger partial charge is 0.309 e. The van der Waals surface area contributed by atoms with E-state index in [1.54, 1.807) is 15.9 Å². The van der Waals surface area contributed by atoms with Crippen molar-refractivity contribution in [3.63, 3.8) is 0 Å². The van der Waals surface area contributed by atoms with E-state index in [1.807, 2.05) is 48.5 Å². The van der Waals surface area contributed by atoms with E-state index in [4.69, 9.17) is 11.0 Å². The number of thiophene rings is 1. The first-order chi connectivity index (χ1) is 25.7. The summed E-state index contributed by atoms with van der Waals surface area (Å²) in [5, 5.41) is 4.36. The van der Waals surface area contributed by atoms with Gasteiger partial charge in [0.05, 0.1) is 38.7 Å². The number of rotatable bonds is 3. The van der Waals surface area contributed by atoms with Gasteiger partial charge in [-0.05, 0) is 65.7 Å². The first kappa shape index (κ1) is 18.2. The number of hydrogen-bond donors (Lipinski definition) is 0. The van der Waals surface area contributed by atoms with Crippen molar-refractivity contribution in [1.82, 2.24) is 9.13 Å². The Balaban J connectivity index is 1.34. The van der Waals surface area contributed by atoms with Crippen molar-refractivity contribution in [3.8, 4) is 22.5 Å². The second kappa shape index (κ2) is 9.43. The summed E-state index contributed by atoms with van der Waals surface area (Å²) in [7, 11) is 0. The number of para-hydroxylation sites is 3. The SMILES string of the molecule is [2H]c1c([2H])c([2H])c2c(c1[2H])c1c([2H])c([2H])c([2H])c([2H])c1n2-c1ccc2c3ccccc3n(-c3cccc4sc5ccc(-c6ccccc6)cc5c34)c2c1. The maximum absolute atomic E-state index is 9.02. The van der Waals surface area contributed by atoms with Gasteiger partial charge >= 0.3 is 0 Å². The Hall–Kier alpha value is -5.64. The van der Waals surface area contributed by atoms with Crippen LogP contribution in [0.5, 0.6) is 0 Å². The predicted molar refractivity (Wildman–Crippen MR) is 193 cm³/mol. The van der Waals surface area contributed by atoms with E-state index in [0.717, 1.165) is 54.1 Å². The molecule has 10 aromatic rings. The number of benzene rings is 7. The molecule has 0 aliphatic rings. The molecule has 0 unspecified atom stereocenters. The van der Waals surface area contributed by atoms with E-state index in [2.05, 4.69) is 65.2 Å². The third-order valence-corrected chi connectivity index (χ3v) is 9.91.